The lowest BCUT2D eigenvalue weighted by Gasteiger charge is -2.24. The largest absolute Gasteiger partial charge is 0.493 e. The zero-order valence-corrected chi connectivity index (χ0v) is 16.4. The van der Waals surface area contributed by atoms with Gasteiger partial charge in [-0.1, -0.05) is 12.1 Å². The molecule has 31 heavy (non-hydrogen) atoms. The van der Waals surface area contributed by atoms with Crippen LogP contribution in [0.15, 0.2) is 70.4 Å². The van der Waals surface area contributed by atoms with Crippen molar-refractivity contribution in [1.82, 2.24) is 5.43 Å². The van der Waals surface area contributed by atoms with Gasteiger partial charge in [0.15, 0.2) is 23.0 Å². The van der Waals surface area contributed by atoms with Crippen molar-refractivity contribution in [2.45, 2.75) is 6.10 Å². The van der Waals surface area contributed by atoms with Crippen molar-refractivity contribution in [2.75, 3.05) is 13.7 Å². The van der Waals surface area contributed by atoms with Gasteiger partial charge in [-0.15, -0.1) is 0 Å². The molecule has 9 nitrogen and oxygen atoms in total. The number of esters is 1. The first kappa shape index (κ1) is 20.0. The second-order valence-electron chi connectivity index (χ2n) is 6.38. The van der Waals surface area contributed by atoms with Crippen LogP contribution in [0.5, 0.6) is 23.0 Å². The number of carbonyl (C=O) groups is 2. The van der Waals surface area contributed by atoms with E-state index in [0.717, 1.165) is 0 Å². The molecule has 0 saturated carbocycles. The lowest BCUT2D eigenvalue weighted by Crippen LogP contribution is -2.42. The van der Waals surface area contributed by atoms with E-state index >= 15 is 0 Å². The molecule has 0 saturated heterocycles. The molecule has 0 fully saturated rings. The summed E-state index contributed by atoms with van der Waals surface area (Å²) in [6.07, 6.45) is 1.99. The summed E-state index contributed by atoms with van der Waals surface area (Å²) in [6, 6.07) is 15.0. The van der Waals surface area contributed by atoms with Crippen molar-refractivity contribution in [3.8, 4) is 23.0 Å². The number of para-hydroxylation sites is 2. The molecule has 158 valence electrons. The van der Waals surface area contributed by atoms with E-state index in [1.54, 1.807) is 42.5 Å². The fourth-order valence-electron chi connectivity index (χ4n) is 2.78. The van der Waals surface area contributed by atoms with E-state index < -0.39 is 18.0 Å². The Balaban J connectivity index is 1.36. The normalized spacial score (nSPS) is 14.8. The number of nitrogens with zero attached hydrogens (tertiary/aromatic N) is 1. The van der Waals surface area contributed by atoms with Gasteiger partial charge in [0.25, 0.3) is 5.91 Å². The summed E-state index contributed by atoms with van der Waals surface area (Å²) in [7, 11) is 1.44. The van der Waals surface area contributed by atoms with Crippen LogP contribution in [-0.2, 0) is 4.79 Å². The summed E-state index contributed by atoms with van der Waals surface area (Å²) in [5, 5.41) is 3.94. The molecule has 2 aromatic carbocycles. The van der Waals surface area contributed by atoms with E-state index in [-0.39, 0.29) is 18.1 Å². The van der Waals surface area contributed by atoms with E-state index in [2.05, 4.69) is 10.5 Å². The van der Waals surface area contributed by atoms with Crippen LogP contribution in [0.3, 0.4) is 0 Å². The topological polar surface area (TPSA) is 109 Å². The van der Waals surface area contributed by atoms with E-state index in [0.29, 0.717) is 22.8 Å². The van der Waals surface area contributed by atoms with Gasteiger partial charge in [0.1, 0.15) is 6.61 Å². The van der Waals surface area contributed by atoms with Crippen LogP contribution in [0.2, 0.25) is 0 Å². The fraction of sp³-hybridized carbons (Fsp3) is 0.136. The Morgan fingerprint density at radius 1 is 1.10 bits per heavy atom. The number of carbonyl (C=O) groups excluding carboxylic acids is 2. The van der Waals surface area contributed by atoms with E-state index in [1.165, 1.54) is 25.7 Å². The third-order valence-electron chi connectivity index (χ3n) is 4.30. The van der Waals surface area contributed by atoms with Gasteiger partial charge in [-0.05, 0) is 48.0 Å². The second kappa shape index (κ2) is 9.04. The van der Waals surface area contributed by atoms with E-state index in [9.17, 15) is 9.59 Å². The van der Waals surface area contributed by atoms with Crippen molar-refractivity contribution in [2.24, 2.45) is 5.10 Å². The number of methoxy groups -OCH3 is 1. The molecule has 1 aromatic heterocycles. The highest BCUT2D eigenvalue weighted by molar-refractivity contribution is 5.89. The Kier molecular flexibility index (Phi) is 5.84. The molecular weight excluding hydrogens is 404 g/mol. The number of hydrogen-bond acceptors (Lipinski definition) is 8. The molecule has 0 aliphatic carbocycles. The zero-order chi connectivity index (χ0) is 21.6. The Morgan fingerprint density at radius 2 is 1.94 bits per heavy atom. The Labute approximate surface area is 177 Å². The predicted octanol–water partition coefficient (Wildman–Crippen LogP) is 2.80. The molecule has 0 spiro atoms. The van der Waals surface area contributed by atoms with Crippen molar-refractivity contribution in [3.63, 3.8) is 0 Å². The Hall–Kier alpha value is -4.27. The average Bonchev–Trinajstić information content (AvgIpc) is 3.34. The first-order valence-corrected chi connectivity index (χ1v) is 9.29. The Morgan fingerprint density at radius 3 is 2.71 bits per heavy atom. The molecular formula is C22H18N2O7. The number of hydrazone groups is 1. The minimum atomic E-state index is -0.815. The van der Waals surface area contributed by atoms with Crippen LogP contribution in [0.4, 0.5) is 0 Å². The van der Waals surface area contributed by atoms with Crippen molar-refractivity contribution in [1.29, 1.82) is 0 Å². The first-order chi connectivity index (χ1) is 15.1. The fourth-order valence-corrected chi connectivity index (χ4v) is 2.78. The van der Waals surface area contributed by atoms with Crippen molar-refractivity contribution >= 4 is 18.1 Å². The lowest BCUT2D eigenvalue weighted by atomic mass is 10.2. The minimum Gasteiger partial charge on any atom is -0.493 e. The number of amides is 1. The highest BCUT2D eigenvalue weighted by Crippen LogP contribution is 2.31. The van der Waals surface area contributed by atoms with E-state index in [4.69, 9.17) is 23.4 Å². The number of furan rings is 1. The number of ether oxygens (including phenoxy) is 4. The summed E-state index contributed by atoms with van der Waals surface area (Å²) >= 11 is 0. The predicted molar refractivity (Wildman–Crippen MR) is 109 cm³/mol. The summed E-state index contributed by atoms with van der Waals surface area (Å²) < 4.78 is 26.7. The molecule has 0 bridgehead atoms. The zero-order valence-electron chi connectivity index (χ0n) is 16.4. The van der Waals surface area contributed by atoms with Crippen LogP contribution in [-0.4, -0.2) is 37.9 Å². The standard InChI is InChI=1S/C22H18N2O7/c1-27-19-11-14(8-9-17(19)31-22(26)18-7-4-10-28-18)12-23-24-21(25)20-13-29-15-5-2-3-6-16(15)30-20/h2-12,20H,13H2,1H3,(H,24,25)/b23-12-/t20-/m0/s1. The van der Waals surface area contributed by atoms with Crippen LogP contribution < -0.4 is 24.4 Å². The van der Waals surface area contributed by atoms with Gasteiger partial charge in [-0.25, -0.2) is 10.2 Å². The highest BCUT2D eigenvalue weighted by Gasteiger charge is 2.27. The molecule has 9 heteroatoms. The SMILES string of the molecule is COc1cc(/C=N\NC(=O)[C@@H]2COc3ccccc3O2)ccc1OC(=O)c1ccco1. The van der Waals surface area contributed by atoms with Gasteiger partial charge in [-0.2, -0.15) is 5.10 Å². The number of hydrogen-bond donors (Lipinski definition) is 1. The molecule has 4 rings (SSSR count). The molecule has 1 N–H and O–H groups in total. The lowest BCUT2D eigenvalue weighted by molar-refractivity contribution is -0.130. The van der Waals surface area contributed by atoms with Crippen molar-refractivity contribution in [3.05, 3.63) is 72.2 Å². The average molecular weight is 422 g/mol. The third kappa shape index (κ3) is 4.67. The molecule has 0 radical (unpaired) electrons. The van der Waals surface area contributed by atoms with Crippen LogP contribution in [0.25, 0.3) is 0 Å². The molecule has 2 heterocycles. The quantitative estimate of drug-likeness (QED) is 0.282. The molecule has 0 unspecified atom stereocenters. The second-order valence-corrected chi connectivity index (χ2v) is 6.38. The maximum absolute atomic E-state index is 12.3. The molecule has 1 amide bonds. The van der Waals surface area contributed by atoms with Crippen LogP contribution in [0, 0.1) is 0 Å². The summed E-state index contributed by atoms with van der Waals surface area (Å²) in [5.74, 6) is 0.617. The van der Waals surface area contributed by atoms with Gasteiger partial charge in [0.05, 0.1) is 19.6 Å². The number of nitrogens with one attached hydrogen (secondary N) is 1. The monoisotopic (exact) mass is 422 g/mol. The molecule has 1 atom stereocenters. The van der Waals surface area contributed by atoms with Gasteiger partial charge in [0, 0.05) is 0 Å². The highest BCUT2D eigenvalue weighted by atomic mass is 16.6. The van der Waals surface area contributed by atoms with Gasteiger partial charge >= 0.3 is 5.97 Å². The maximum atomic E-state index is 12.3. The van der Waals surface area contributed by atoms with Crippen LogP contribution >= 0.6 is 0 Å². The third-order valence-corrected chi connectivity index (χ3v) is 4.30. The number of fused-ring (bicyclic) bond motifs is 1. The van der Waals surface area contributed by atoms with Gasteiger partial charge in [-0.3, -0.25) is 4.79 Å². The van der Waals surface area contributed by atoms with E-state index in [1.807, 2.05) is 6.07 Å². The first-order valence-electron chi connectivity index (χ1n) is 9.29. The smallest absolute Gasteiger partial charge is 0.379 e. The maximum Gasteiger partial charge on any atom is 0.379 e. The summed E-state index contributed by atoms with van der Waals surface area (Å²) in [4.78, 5) is 24.3. The molecule has 1 aliphatic rings. The molecule has 3 aromatic rings. The summed E-state index contributed by atoms with van der Waals surface area (Å²) in [5.41, 5.74) is 3.03. The number of benzene rings is 2. The van der Waals surface area contributed by atoms with Gasteiger partial charge < -0.3 is 23.4 Å². The van der Waals surface area contributed by atoms with Crippen LogP contribution in [0.1, 0.15) is 16.1 Å². The number of rotatable bonds is 6. The summed E-state index contributed by atoms with van der Waals surface area (Å²) in [6.45, 7) is 0.0852. The van der Waals surface area contributed by atoms with Gasteiger partial charge in [0.2, 0.25) is 11.9 Å². The molecule has 1 aliphatic heterocycles. The van der Waals surface area contributed by atoms with Crippen molar-refractivity contribution < 1.29 is 33.0 Å². The Bertz CT molecular complexity index is 1110. The minimum absolute atomic E-state index is 0.0759.